The van der Waals surface area contributed by atoms with Gasteiger partial charge in [0.2, 0.25) is 10.0 Å². The predicted molar refractivity (Wildman–Crippen MR) is 74.4 cm³/mol. The molecule has 2 rings (SSSR count). The highest BCUT2D eigenvalue weighted by Crippen LogP contribution is 2.29. The molecule has 0 heterocycles. The topological polar surface area (TPSA) is 70.0 Å². The van der Waals surface area contributed by atoms with Crippen LogP contribution < -0.4 is 4.72 Å². The van der Waals surface area contributed by atoms with Gasteiger partial charge in [-0.1, -0.05) is 35.9 Å². The third kappa shape index (κ3) is 2.87. The van der Waals surface area contributed by atoms with Crippen LogP contribution in [-0.4, -0.2) is 15.0 Å². The Labute approximate surface area is 116 Å². The minimum atomic E-state index is -3.67. The van der Waals surface area contributed by atoms with Crippen molar-refractivity contribution in [2.75, 3.05) is 6.54 Å². The average Bonchev–Trinajstić information content (AvgIpc) is 2.38. The van der Waals surface area contributed by atoms with Gasteiger partial charge >= 0.3 is 0 Å². The Balaban J connectivity index is 2.54. The SMILES string of the molecule is N#CCCNS(=O)(=O)c1cccc2cccc(Cl)c12. The fourth-order valence-corrected chi connectivity index (χ4v) is 3.43. The van der Waals surface area contributed by atoms with Gasteiger partial charge < -0.3 is 0 Å². The van der Waals surface area contributed by atoms with Crippen LogP contribution in [0, 0.1) is 11.3 Å². The molecule has 19 heavy (non-hydrogen) atoms. The first-order chi connectivity index (χ1) is 9.06. The summed E-state index contributed by atoms with van der Waals surface area (Å²) >= 11 is 6.08. The molecule has 0 aliphatic carbocycles. The van der Waals surface area contributed by atoms with Crippen LogP contribution >= 0.6 is 11.6 Å². The second-order valence-corrected chi connectivity index (χ2v) is 6.04. The third-order valence-corrected chi connectivity index (χ3v) is 4.45. The number of benzene rings is 2. The number of nitriles is 1. The quantitative estimate of drug-likeness (QED) is 0.881. The van der Waals surface area contributed by atoms with E-state index in [4.69, 9.17) is 16.9 Å². The molecule has 2 aromatic rings. The van der Waals surface area contributed by atoms with Gasteiger partial charge in [-0.15, -0.1) is 0 Å². The molecule has 0 saturated heterocycles. The van der Waals surface area contributed by atoms with Crippen molar-refractivity contribution >= 4 is 32.4 Å². The van der Waals surface area contributed by atoms with Crippen LogP contribution in [-0.2, 0) is 10.0 Å². The van der Waals surface area contributed by atoms with E-state index in [1.807, 2.05) is 6.07 Å². The molecule has 0 aliphatic rings. The maximum absolute atomic E-state index is 12.2. The van der Waals surface area contributed by atoms with Crippen molar-refractivity contribution in [3.8, 4) is 6.07 Å². The van der Waals surface area contributed by atoms with Crippen LogP contribution in [0.3, 0.4) is 0 Å². The molecule has 0 atom stereocenters. The summed E-state index contributed by atoms with van der Waals surface area (Å²) in [4.78, 5) is 0.133. The van der Waals surface area contributed by atoms with Crippen molar-refractivity contribution < 1.29 is 8.42 Å². The fraction of sp³-hybridized carbons (Fsp3) is 0.154. The van der Waals surface area contributed by atoms with Crippen LogP contribution in [0.4, 0.5) is 0 Å². The van der Waals surface area contributed by atoms with Gasteiger partial charge in [-0.2, -0.15) is 5.26 Å². The predicted octanol–water partition coefficient (Wildman–Crippen LogP) is 2.69. The Kier molecular flexibility index (Phi) is 4.05. The number of hydrogen-bond donors (Lipinski definition) is 1. The lowest BCUT2D eigenvalue weighted by Gasteiger charge is -2.09. The Bertz CT molecular complexity index is 746. The standard InChI is InChI=1S/C13H11ClN2O2S/c14-11-6-1-4-10-5-2-7-12(13(10)11)19(17,18)16-9-3-8-15/h1-2,4-7,16H,3,9H2. The third-order valence-electron chi connectivity index (χ3n) is 2.63. The van der Waals surface area contributed by atoms with Gasteiger partial charge in [-0.25, -0.2) is 13.1 Å². The van der Waals surface area contributed by atoms with Gasteiger partial charge in [0, 0.05) is 23.4 Å². The van der Waals surface area contributed by atoms with Gasteiger partial charge in [-0.05, 0) is 17.5 Å². The molecule has 0 aliphatic heterocycles. The molecular formula is C13H11ClN2O2S. The van der Waals surface area contributed by atoms with E-state index in [-0.39, 0.29) is 17.9 Å². The highest BCUT2D eigenvalue weighted by Gasteiger charge is 2.18. The van der Waals surface area contributed by atoms with Crippen LogP contribution in [0.2, 0.25) is 5.02 Å². The lowest BCUT2D eigenvalue weighted by molar-refractivity contribution is 0.583. The van der Waals surface area contributed by atoms with E-state index in [1.54, 1.807) is 30.3 Å². The molecule has 6 heteroatoms. The van der Waals surface area contributed by atoms with Crippen molar-refractivity contribution in [3.63, 3.8) is 0 Å². The smallest absolute Gasteiger partial charge is 0.210 e. The van der Waals surface area contributed by atoms with Crippen molar-refractivity contribution in [1.82, 2.24) is 4.72 Å². The number of fused-ring (bicyclic) bond motifs is 1. The summed E-state index contributed by atoms with van der Waals surface area (Å²) in [5, 5.41) is 10.1. The molecule has 0 unspecified atom stereocenters. The molecule has 0 saturated carbocycles. The Morgan fingerprint density at radius 2 is 1.89 bits per heavy atom. The lowest BCUT2D eigenvalue weighted by Crippen LogP contribution is -2.24. The van der Waals surface area contributed by atoms with Gasteiger partial charge in [0.1, 0.15) is 0 Å². The maximum atomic E-state index is 12.2. The van der Waals surface area contributed by atoms with Crippen LogP contribution in [0.15, 0.2) is 41.3 Å². The van der Waals surface area contributed by atoms with Crippen molar-refractivity contribution in [3.05, 3.63) is 41.4 Å². The van der Waals surface area contributed by atoms with E-state index >= 15 is 0 Å². The summed E-state index contributed by atoms with van der Waals surface area (Å²) in [6, 6.07) is 12.1. The van der Waals surface area contributed by atoms with Crippen LogP contribution in [0.5, 0.6) is 0 Å². The molecular weight excluding hydrogens is 284 g/mol. The van der Waals surface area contributed by atoms with E-state index in [9.17, 15) is 8.42 Å². The molecule has 0 amide bonds. The lowest BCUT2D eigenvalue weighted by atomic mass is 10.1. The Morgan fingerprint density at radius 3 is 2.58 bits per heavy atom. The first-order valence-corrected chi connectivity index (χ1v) is 7.46. The summed E-state index contributed by atoms with van der Waals surface area (Å²) in [7, 11) is -3.67. The first kappa shape index (κ1) is 13.8. The number of rotatable bonds is 4. The van der Waals surface area contributed by atoms with Gasteiger partial charge in [-0.3, -0.25) is 0 Å². The Hall–Kier alpha value is -1.61. The molecule has 2 aromatic carbocycles. The highest BCUT2D eigenvalue weighted by atomic mass is 35.5. The molecule has 98 valence electrons. The summed E-state index contributed by atoms with van der Waals surface area (Å²) in [6.45, 7) is 0.0830. The van der Waals surface area contributed by atoms with E-state index in [0.717, 1.165) is 5.39 Å². The molecule has 0 fully saturated rings. The van der Waals surface area contributed by atoms with E-state index < -0.39 is 10.0 Å². The minimum Gasteiger partial charge on any atom is -0.210 e. The first-order valence-electron chi connectivity index (χ1n) is 5.60. The zero-order valence-electron chi connectivity index (χ0n) is 9.93. The molecule has 4 nitrogen and oxygen atoms in total. The average molecular weight is 295 g/mol. The van der Waals surface area contributed by atoms with Gasteiger partial charge in [0.25, 0.3) is 0 Å². The highest BCUT2D eigenvalue weighted by molar-refractivity contribution is 7.89. The molecule has 0 spiro atoms. The number of halogens is 1. The van der Waals surface area contributed by atoms with Gasteiger partial charge in [0.15, 0.2) is 0 Å². The zero-order chi connectivity index (χ0) is 13.9. The number of sulfonamides is 1. The van der Waals surface area contributed by atoms with Crippen molar-refractivity contribution in [1.29, 1.82) is 5.26 Å². The van der Waals surface area contributed by atoms with E-state index in [1.165, 1.54) is 6.07 Å². The normalized spacial score (nSPS) is 11.4. The maximum Gasteiger partial charge on any atom is 0.241 e. The largest absolute Gasteiger partial charge is 0.241 e. The van der Waals surface area contributed by atoms with Crippen LogP contribution in [0.25, 0.3) is 10.8 Å². The van der Waals surface area contributed by atoms with Crippen molar-refractivity contribution in [2.45, 2.75) is 11.3 Å². The molecule has 0 bridgehead atoms. The summed E-state index contributed by atoms with van der Waals surface area (Å²) in [5.74, 6) is 0. The zero-order valence-corrected chi connectivity index (χ0v) is 11.5. The fourth-order valence-electron chi connectivity index (χ4n) is 1.81. The second kappa shape index (κ2) is 5.57. The van der Waals surface area contributed by atoms with Crippen LogP contribution in [0.1, 0.15) is 6.42 Å². The molecule has 0 radical (unpaired) electrons. The van der Waals surface area contributed by atoms with Gasteiger partial charge in [0.05, 0.1) is 11.0 Å². The molecule has 0 aromatic heterocycles. The van der Waals surface area contributed by atoms with E-state index in [0.29, 0.717) is 10.4 Å². The number of nitrogens with one attached hydrogen (secondary N) is 1. The monoisotopic (exact) mass is 294 g/mol. The summed E-state index contributed by atoms with van der Waals surface area (Å²) in [6.07, 6.45) is 0.123. The number of nitrogens with zero attached hydrogens (tertiary/aromatic N) is 1. The minimum absolute atomic E-state index is 0.0830. The summed E-state index contributed by atoms with van der Waals surface area (Å²) < 4.78 is 26.8. The number of hydrogen-bond acceptors (Lipinski definition) is 3. The Morgan fingerprint density at radius 1 is 1.21 bits per heavy atom. The summed E-state index contributed by atoms with van der Waals surface area (Å²) in [5.41, 5.74) is 0. The van der Waals surface area contributed by atoms with E-state index in [2.05, 4.69) is 4.72 Å². The second-order valence-electron chi connectivity index (χ2n) is 3.90. The molecule has 1 N–H and O–H groups in total. The van der Waals surface area contributed by atoms with Crippen molar-refractivity contribution in [2.24, 2.45) is 0 Å².